The highest BCUT2D eigenvalue weighted by Crippen LogP contribution is 2.36. The third-order valence-electron chi connectivity index (χ3n) is 11.5. The van der Waals surface area contributed by atoms with Crippen molar-refractivity contribution in [3.05, 3.63) is 49.3 Å². The largest absolute Gasteiger partial charge is 0.490 e. The Balaban J connectivity index is 0.000000185. The number of benzene rings is 2. The van der Waals surface area contributed by atoms with Crippen molar-refractivity contribution in [3.63, 3.8) is 0 Å². The molecule has 2 aliphatic heterocycles. The number of morpholine rings is 2. The minimum atomic E-state index is 0. The number of carbonyl (C=O) groups excluding carboxylic acids is 1. The summed E-state index contributed by atoms with van der Waals surface area (Å²) in [7, 11) is 2.04. The topological polar surface area (TPSA) is 136 Å². The van der Waals surface area contributed by atoms with Gasteiger partial charge in [0.1, 0.15) is 24.2 Å². The number of fused-ring (bicyclic) bond motifs is 2. The van der Waals surface area contributed by atoms with E-state index in [9.17, 15) is 4.79 Å². The molecule has 2 aromatic carbocycles. The zero-order chi connectivity index (χ0) is 36.7. The van der Waals surface area contributed by atoms with E-state index in [0.29, 0.717) is 12.1 Å². The summed E-state index contributed by atoms with van der Waals surface area (Å²) in [5.74, 6) is 2.29. The molecule has 2 saturated heterocycles. The first-order valence-electron chi connectivity index (χ1n) is 20.0. The standard InChI is InChI=1S/C22H28N4O3.C19H26N4O2.2H2/c27-22(15-1-2-15)25-16-3-5-18(6-4-16)29-21-12-17(26-7-9-28-10-8-26)11-20-19(21)13-23-14-24-20;1-20-14-2-4-16(5-3-14)25-19-11-15(23-6-8-24-9-7-23)10-18-17(19)12-21-13-22-18;;/h11-16,18H,1-10H2,(H,25,27);10-14,16,20H,2-9H2,1H3;2*1H. The molecule has 3 saturated carbocycles. The lowest BCUT2D eigenvalue weighted by atomic mass is 9.92. The predicted octanol–water partition coefficient (Wildman–Crippen LogP) is 5.55. The van der Waals surface area contributed by atoms with Gasteiger partial charge in [-0.25, -0.2) is 19.9 Å². The summed E-state index contributed by atoms with van der Waals surface area (Å²) in [5, 5.41) is 8.54. The van der Waals surface area contributed by atoms with E-state index in [1.807, 2.05) is 19.4 Å². The van der Waals surface area contributed by atoms with Crippen LogP contribution in [0.4, 0.5) is 11.4 Å². The van der Waals surface area contributed by atoms with Gasteiger partial charge in [-0.1, -0.05) is 0 Å². The Morgan fingerprint density at radius 3 is 1.57 bits per heavy atom. The number of hydrogen-bond acceptors (Lipinski definition) is 12. The Morgan fingerprint density at radius 1 is 0.667 bits per heavy atom. The maximum Gasteiger partial charge on any atom is 0.223 e. The van der Waals surface area contributed by atoms with E-state index >= 15 is 0 Å². The van der Waals surface area contributed by atoms with Crippen LogP contribution in [0.2, 0.25) is 0 Å². The molecule has 0 atom stereocenters. The van der Waals surface area contributed by atoms with Gasteiger partial charge in [0, 0.05) is 82.9 Å². The van der Waals surface area contributed by atoms with Crippen molar-refractivity contribution in [3.8, 4) is 11.5 Å². The SMILES string of the molecule is CNC1CCC(Oc2cc(N3CCOCC3)cc3ncncc23)CC1.O=C(NC1CCC(Oc2cc(N3CCOCC3)cc3ncncc23)CC1)C1CC1.[HH].[HH]. The molecule has 13 nitrogen and oxygen atoms in total. The van der Waals surface area contributed by atoms with E-state index in [0.717, 1.165) is 149 Å². The quantitative estimate of drug-likeness (QED) is 0.223. The molecule has 3 aliphatic carbocycles. The van der Waals surface area contributed by atoms with E-state index in [1.165, 1.54) is 12.8 Å². The van der Waals surface area contributed by atoms with Gasteiger partial charge >= 0.3 is 0 Å². The van der Waals surface area contributed by atoms with Crippen molar-refractivity contribution in [1.82, 2.24) is 30.6 Å². The molecule has 4 heterocycles. The number of nitrogens with one attached hydrogen (secondary N) is 2. The van der Waals surface area contributed by atoms with E-state index in [2.05, 4.69) is 64.6 Å². The van der Waals surface area contributed by atoms with Crippen molar-refractivity contribution in [2.45, 2.75) is 88.5 Å². The summed E-state index contributed by atoms with van der Waals surface area (Å²) < 4.78 is 23.9. The molecule has 0 spiro atoms. The average Bonchev–Trinajstić information content (AvgIpc) is 4.09. The fraction of sp³-hybridized carbons (Fsp3) is 0.585. The monoisotopic (exact) mass is 742 g/mol. The van der Waals surface area contributed by atoms with Gasteiger partial charge in [-0.2, -0.15) is 0 Å². The molecule has 0 unspecified atom stereocenters. The molecule has 5 fully saturated rings. The van der Waals surface area contributed by atoms with Crippen molar-refractivity contribution in [2.24, 2.45) is 5.92 Å². The lowest BCUT2D eigenvalue weighted by Crippen LogP contribution is -2.40. The smallest absolute Gasteiger partial charge is 0.223 e. The summed E-state index contributed by atoms with van der Waals surface area (Å²) in [5.41, 5.74) is 4.13. The second-order valence-electron chi connectivity index (χ2n) is 15.3. The molecule has 1 amide bonds. The predicted molar refractivity (Wildman–Crippen MR) is 213 cm³/mol. The van der Waals surface area contributed by atoms with Gasteiger partial charge in [0.15, 0.2) is 0 Å². The molecule has 2 N–H and O–H groups in total. The van der Waals surface area contributed by atoms with Crippen LogP contribution in [0.15, 0.2) is 49.3 Å². The minimum absolute atomic E-state index is 0. The Morgan fingerprint density at radius 2 is 1.13 bits per heavy atom. The first-order valence-corrected chi connectivity index (χ1v) is 20.0. The van der Waals surface area contributed by atoms with E-state index in [-0.39, 0.29) is 26.9 Å². The molecular weight excluding hydrogens is 685 g/mol. The van der Waals surface area contributed by atoms with Gasteiger partial charge in [-0.3, -0.25) is 4.79 Å². The molecule has 0 radical (unpaired) electrons. The van der Waals surface area contributed by atoms with Gasteiger partial charge in [0.2, 0.25) is 5.91 Å². The first kappa shape index (κ1) is 36.6. The summed E-state index contributed by atoms with van der Waals surface area (Å²) in [6.45, 7) is 6.59. The van der Waals surface area contributed by atoms with Crippen LogP contribution in [0.1, 0.15) is 67.1 Å². The van der Waals surface area contributed by atoms with Gasteiger partial charge < -0.3 is 39.4 Å². The van der Waals surface area contributed by atoms with Crippen LogP contribution in [0, 0.1) is 5.92 Å². The number of aromatic nitrogens is 4. The highest BCUT2D eigenvalue weighted by Gasteiger charge is 2.32. The fourth-order valence-electron chi connectivity index (χ4n) is 8.10. The number of ether oxygens (including phenoxy) is 4. The van der Waals surface area contributed by atoms with Crippen LogP contribution in [-0.4, -0.2) is 110 Å². The first-order chi connectivity index (χ1) is 26.6. The number of anilines is 2. The second kappa shape index (κ2) is 17.4. The number of rotatable bonds is 9. The third-order valence-corrected chi connectivity index (χ3v) is 11.5. The zero-order valence-electron chi connectivity index (χ0n) is 31.5. The Kier molecular flexibility index (Phi) is 11.8. The van der Waals surface area contributed by atoms with Crippen molar-refractivity contribution in [2.75, 3.05) is 69.5 Å². The number of carbonyl (C=O) groups is 1. The van der Waals surface area contributed by atoms with E-state index in [1.54, 1.807) is 12.7 Å². The molecule has 9 rings (SSSR count). The van der Waals surface area contributed by atoms with Crippen LogP contribution in [0.3, 0.4) is 0 Å². The Bertz CT molecular complexity index is 1860. The van der Waals surface area contributed by atoms with E-state index in [4.69, 9.17) is 18.9 Å². The fourth-order valence-corrected chi connectivity index (χ4v) is 8.10. The minimum Gasteiger partial charge on any atom is -0.490 e. The van der Waals surface area contributed by atoms with Crippen LogP contribution in [0.5, 0.6) is 11.5 Å². The van der Waals surface area contributed by atoms with Crippen LogP contribution < -0.4 is 29.9 Å². The van der Waals surface area contributed by atoms with Gasteiger partial charge in [-0.05, 0) is 83.4 Å². The summed E-state index contributed by atoms with van der Waals surface area (Å²) in [4.78, 5) is 34.0. The van der Waals surface area contributed by atoms with Crippen molar-refractivity contribution in [1.29, 1.82) is 0 Å². The highest BCUT2D eigenvalue weighted by molar-refractivity contribution is 5.89. The van der Waals surface area contributed by atoms with Crippen LogP contribution >= 0.6 is 0 Å². The number of hydrogen-bond donors (Lipinski definition) is 2. The summed E-state index contributed by atoms with van der Waals surface area (Å²) in [6, 6.07) is 9.44. The number of amides is 1. The Labute approximate surface area is 320 Å². The lowest BCUT2D eigenvalue weighted by Gasteiger charge is -2.31. The second-order valence-corrected chi connectivity index (χ2v) is 15.3. The normalized spacial score (nSPS) is 24.8. The van der Waals surface area contributed by atoms with Gasteiger partial charge in [0.05, 0.1) is 60.4 Å². The molecular formula is C41H58N8O5. The van der Waals surface area contributed by atoms with Crippen LogP contribution in [-0.2, 0) is 14.3 Å². The van der Waals surface area contributed by atoms with E-state index < -0.39 is 0 Å². The Hall–Kier alpha value is -4.33. The maximum absolute atomic E-state index is 12.0. The average molecular weight is 743 g/mol. The molecule has 0 bridgehead atoms. The molecule has 4 aromatic rings. The van der Waals surface area contributed by atoms with Crippen LogP contribution in [0.25, 0.3) is 21.8 Å². The molecule has 13 heteroatoms. The van der Waals surface area contributed by atoms with Crippen molar-refractivity contribution >= 4 is 39.1 Å². The molecule has 54 heavy (non-hydrogen) atoms. The van der Waals surface area contributed by atoms with Gasteiger partial charge in [-0.15, -0.1) is 0 Å². The molecule has 292 valence electrons. The zero-order valence-corrected chi connectivity index (χ0v) is 31.5. The summed E-state index contributed by atoms with van der Waals surface area (Å²) in [6.07, 6.45) is 17.8. The lowest BCUT2D eigenvalue weighted by molar-refractivity contribution is -0.123. The highest BCUT2D eigenvalue weighted by atomic mass is 16.5. The van der Waals surface area contributed by atoms with Gasteiger partial charge in [0.25, 0.3) is 0 Å². The number of nitrogens with zero attached hydrogens (tertiary/aromatic N) is 6. The maximum atomic E-state index is 12.0. The molecule has 5 aliphatic rings. The summed E-state index contributed by atoms with van der Waals surface area (Å²) >= 11 is 0. The third kappa shape index (κ3) is 9.13. The van der Waals surface area contributed by atoms with Crippen molar-refractivity contribution < 1.29 is 26.6 Å². The molecule has 2 aromatic heterocycles.